The summed E-state index contributed by atoms with van der Waals surface area (Å²) in [5, 5.41) is 4.44. The minimum atomic E-state index is -0.538. The topological polar surface area (TPSA) is 82.6 Å². The molecule has 0 aliphatic carbocycles. The van der Waals surface area contributed by atoms with Gasteiger partial charge in [-0.25, -0.2) is 0 Å². The van der Waals surface area contributed by atoms with Gasteiger partial charge in [0.25, 0.3) is 5.91 Å². The first-order chi connectivity index (χ1) is 11.8. The SMILES string of the molecule is CN1Cc2c(-c3cnn(C[C@H]4COC(C)(C)O4)c3)ccc(N)c2C1=O. The molecular weight excluding hydrogens is 320 g/mol. The summed E-state index contributed by atoms with van der Waals surface area (Å²) in [6.07, 6.45) is 3.77. The van der Waals surface area contributed by atoms with Crippen LogP contribution in [0.2, 0.25) is 0 Å². The summed E-state index contributed by atoms with van der Waals surface area (Å²) in [6, 6.07) is 3.75. The van der Waals surface area contributed by atoms with Crippen molar-refractivity contribution in [3.05, 3.63) is 35.7 Å². The summed E-state index contributed by atoms with van der Waals surface area (Å²) in [7, 11) is 1.79. The van der Waals surface area contributed by atoms with Crippen LogP contribution < -0.4 is 5.73 Å². The third-order valence-electron chi connectivity index (χ3n) is 4.70. The number of nitrogen functional groups attached to an aromatic ring is 1. The number of fused-ring (bicyclic) bond motifs is 1. The van der Waals surface area contributed by atoms with Crippen LogP contribution in [0.3, 0.4) is 0 Å². The Bertz CT molecular complexity index is 843. The highest BCUT2D eigenvalue weighted by Gasteiger charge is 2.33. The van der Waals surface area contributed by atoms with Crippen LogP contribution in [0.1, 0.15) is 29.8 Å². The van der Waals surface area contributed by atoms with E-state index in [0.717, 1.165) is 16.7 Å². The second-order valence-electron chi connectivity index (χ2n) is 7.12. The number of nitrogens with zero attached hydrogens (tertiary/aromatic N) is 3. The third-order valence-corrected chi connectivity index (χ3v) is 4.70. The maximum Gasteiger partial charge on any atom is 0.256 e. The quantitative estimate of drug-likeness (QED) is 0.861. The van der Waals surface area contributed by atoms with E-state index < -0.39 is 5.79 Å². The molecule has 2 aromatic rings. The molecular formula is C18H22N4O3. The zero-order valence-electron chi connectivity index (χ0n) is 14.7. The second-order valence-corrected chi connectivity index (χ2v) is 7.12. The van der Waals surface area contributed by atoms with Gasteiger partial charge in [-0.05, 0) is 31.0 Å². The minimum absolute atomic E-state index is 0.0207. The molecule has 1 saturated heterocycles. The van der Waals surface area contributed by atoms with Crippen molar-refractivity contribution >= 4 is 11.6 Å². The number of aromatic nitrogens is 2. The normalized spacial score (nSPS) is 21.8. The molecule has 2 aliphatic heterocycles. The van der Waals surface area contributed by atoms with Gasteiger partial charge in [0.2, 0.25) is 0 Å². The zero-order valence-corrected chi connectivity index (χ0v) is 14.7. The van der Waals surface area contributed by atoms with E-state index in [9.17, 15) is 4.79 Å². The van der Waals surface area contributed by atoms with Crippen molar-refractivity contribution in [2.45, 2.75) is 38.8 Å². The summed E-state index contributed by atoms with van der Waals surface area (Å²) in [6.45, 7) is 5.56. The van der Waals surface area contributed by atoms with Crippen LogP contribution in [0.4, 0.5) is 5.69 Å². The summed E-state index contributed by atoms with van der Waals surface area (Å²) < 4.78 is 13.3. The summed E-state index contributed by atoms with van der Waals surface area (Å²) in [5.74, 6) is -0.566. The van der Waals surface area contributed by atoms with Crippen molar-refractivity contribution in [3.63, 3.8) is 0 Å². The largest absolute Gasteiger partial charge is 0.398 e. The second kappa shape index (κ2) is 5.57. The molecule has 132 valence electrons. The summed E-state index contributed by atoms with van der Waals surface area (Å²) in [4.78, 5) is 14.0. The Balaban J connectivity index is 1.61. The Kier molecular flexibility index (Phi) is 3.59. The molecule has 1 fully saturated rings. The van der Waals surface area contributed by atoms with Crippen molar-refractivity contribution in [2.75, 3.05) is 19.4 Å². The van der Waals surface area contributed by atoms with Crippen molar-refractivity contribution in [1.29, 1.82) is 0 Å². The lowest BCUT2D eigenvalue weighted by Crippen LogP contribution is -2.24. The van der Waals surface area contributed by atoms with Crippen molar-refractivity contribution < 1.29 is 14.3 Å². The molecule has 7 nitrogen and oxygen atoms in total. The van der Waals surface area contributed by atoms with Gasteiger partial charge >= 0.3 is 0 Å². The lowest BCUT2D eigenvalue weighted by Gasteiger charge is -2.16. The van der Waals surface area contributed by atoms with Crippen LogP contribution in [0.15, 0.2) is 24.5 Å². The number of hydrogen-bond donors (Lipinski definition) is 1. The first-order valence-electron chi connectivity index (χ1n) is 8.35. The molecule has 1 aromatic heterocycles. The number of anilines is 1. The van der Waals surface area contributed by atoms with E-state index in [2.05, 4.69) is 5.10 Å². The van der Waals surface area contributed by atoms with E-state index in [4.69, 9.17) is 15.2 Å². The molecule has 1 atom stereocenters. The molecule has 25 heavy (non-hydrogen) atoms. The van der Waals surface area contributed by atoms with Gasteiger partial charge in [0.05, 0.1) is 24.9 Å². The Morgan fingerprint density at radius 3 is 2.92 bits per heavy atom. The molecule has 3 heterocycles. The van der Waals surface area contributed by atoms with Gasteiger partial charge in [-0.2, -0.15) is 5.10 Å². The van der Waals surface area contributed by atoms with Crippen LogP contribution in [0.5, 0.6) is 0 Å². The van der Waals surface area contributed by atoms with Gasteiger partial charge in [0.1, 0.15) is 6.10 Å². The smallest absolute Gasteiger partial charge is 0.256 e. The summed E-state index contributed by atoms with van der Waals surface area (Å²) in [5.41, 5.74) is 10.1. The van der Waals surface area contributed by atoms with Crippen molar-refractivity contribution in [3.8, 4) is 11.1 Å². The number of rotatable bonds is 3. The summed E-state index contributed by atoms with van der Waals surface area (Å²) >= 11 is 0. The average Bonchev–Trinajstić information content (AvgIpc) is 3.21. The van der Waals surface area contributed by atoms with E-state index >= 15 is 0 Å². The van der Waals surface area contributed by atoms with E-state index in [1.807, 2.05) is 37.0 Å². The molecule has 1 amide bonds. The lowest BCUT2D eigenvalue weighted by molar-refractivity contribution is -0.139. The number of carbonyl (C=O) groups is 1. The highest BCUT2D eigenvalue weighted by atomic mass is 16.7. The molecule has 0 radical (unpaired) electrons. The van der Waals surface area contributed by atoms with Gasteiger partial charge in [-0.15, -0.1) is 0 Å². The van der Waals surface area contributed by atoms with E-state index in [1.165, 1.54) is 0 Å². The Morgan fingerprint density at radius 1 is 1.40 bits per heavy atom. The Labute approximate surface area is 146 Å². The fraction of sp³-hybridized carbons (Fsp3) is 0.444. The Morgan fingerprint density at radius 2 is 2.20 bits per heavy atom. The highest BCUT2D eigenvalue weighted by molar-refractivity contribution is 6.05. The number of carbonyl (C=O) groups excluding carboxylic acids is 1. The molecule has 0 bridgehead atoms. The van der Waals surface area contributed by atoms with E-state index in [0.29, 0.717) is 30.9 Å². The fourth-order valence-electron chi connectivity index (χ4n) is 3.52. The van der Waals surface area contributed by atoms with Gasteiger partial charge in [-0.1, -0.05) is 6.07 Å². The highest BCUT2D eigenvalue weighted by Crippen LogP contribution is 2.35. The Hall–Kier alpha value is -2.38. The van der Waals surface area contributed by atoms with Gasteiger partial charge < -0.3 is 20.1 Å². The van der Waals surface area contributed by atoms with E-state index in [1.54, 1.807) is 18.0 Å². The third kappa shape index (κ3) is 2.79. The molecule has 0 saturated carbocycles. The number of amides is 1. The molecule has 7 heteroatoms. The number of hydrogen-bond acceptors (Lipinski definition) is 5. The van der Waals surface area contributed by atoms with Gasteiger partial charge in [-0.3, -0.25) is 9.48 Å². The molecule has 0 spiro atoms. The fourth-order valence-corrected chi connectivity index (χ4v) is 3.52. The first-order valence-corrected chi connectivity index (χ1v) is 8.35. The lowest BCUT2D eigenvalue weighted by atomic mass is 9.98. The zero-order chi connectivity index (χ0) is 17.8. The van der Waals surface area contributed by atoms with Crippen LogP contribution in [0.25, 0.3) is 11.1 Å². The van der Waals surface area contributed by atoms with E-state index in [-0.39, 0.29) is 12.0 Å². The van der Waals surface area contributed by atoms with Crippen molar-refractivity contribution in [1.82, 2.24) is 14.7 Å². The predicted octanol–water partition coefficient (Wildman–Crippen LogP) is 1.87. The number of ether oxygens (including phenoxy) is 2. The number of nitrogens with two attached hydrogens (primary N) is 1. The minimum Gasteiger partial charge on any atom is -0.398 e. The maximum absolute atomic E-state index is 12.3. The average molecular weight is 342 g/mol. The van der Waals surface area contributed by atoms with Gasteiger partial charge in [0, 0.05) is 31.0 Å². The predicted molar refractivity (Wildman–Crippen MR) is 92.8 cm³/mol. The van der Waals surface area contributed by atoms with Crippen LogP contribution >= 0.6 is 0 Å². The van der Waals surface area contributed by atoms with Gasteiger partial charge in [0.15, 0.2) is 5.79 Å². The van der Waals surface area contributed by atoms with Crippen molar-refractivity contribution in [2.24, 2.45) is 0 Å². The molecule has 2 N–H and O–H groups in total. The molecule has 0 unspecified atom stereocenters. The molecule has 1 aromatic carbocycles. The monoisotopic (exact) mass is 342 g/mol. The number of benzene rings is 1. The maximum atomic E-state index is 12.3. The molecule has 2 aliphatic rings. The first kappa shape index (κ1) is 16.1. The van der Waals surface area contributed by atoms with Crippen LogP contribution in [0, 0.1) is 0 Å². The molecule has 4 rings (SSSR count). The van der Waals surface area contributed by atoms with Crippen LogP contribution in [-0.4, -0.2) is 46.1 Å². The standard InChI is InChI=1S/C18H22N4O3/c1-18(2)24-10-12(25-18)8-22-7-11(6-20-22)13-4-5-15(19)16-14(13)9-21(3)17(16)23/h4-7,12H,8-10,19H2,1-3H3/t12-/m0/s1. The van der Waals surface area contributed by atoms with Crippen LogP contribution in [-0.2, 0) is 22.6 Å².